The normalized spacial score (nSPS) is 13.0. The smallest absolute Gasteiger partial charge is 0.0252 e. The third-order valence-corrected chi connectivity index (χ3v) is 5.01. The maximum Gasteiger partial charge on any atom is 0.0252 e. The Morgan fingerprint density at radius 2 is 1.59 bits per heavy atom. The third kappa shape index (κ3) is 6.12. The molecule has 1 saturated carbocycles. The van der Waals surface area contributed by atoms with Gasteiger partial charge < -0.3 is 0 Å². The van der Waals surface area contributed by atoms with E-state index in [4.69, 9.17) is 0 Å². The number of rotatable bonds is 5. The van der Waals surface area contributed by atoms with Crippen molar-refractivity contribution in [3.8, 4) is 11.8 Å². The first-order valence-corrected chi connectivity index (χ1v) is 10.0. The van der Waals surface area contributed by atoms with Crippen LogP contribution >= 0.6 is 0 Å². The number of hydrogen-bond acceptors (Lipinski definition) is 1. The zero-order chi connectivity index (χ0) is 19.8. The minimum atomic E-state index is 0.522. The molecule has 0 amide bonds. The Morgan fingerprint density at radius 1 is 1.00 bits per heavy atom. The van der Waals surface area contributed by atoms with E-state index in [1.807, 2.05) is 0 Å². The van der Waals surface area contributed by atoms with E-state index in [9.17, 15) is 0 Å². The molecule has 2 aromatic carbocycles. The molecule has 0 aliphatic heterocycles. The topological polar surface area (TPSA) is 3.24 Å². The summed E-state index contributed by atoms with van der Waals surface area (Å²) in [6, 6.07) is 16.0. The number of aryl methyl sites for hydroxylation is 1. The summed E-state index contributed by atoms with van der Waals surface area (Å²) in [5, 5.41) is 0. The van der Waals surface area contributed by atoms with Crippen LogP contribution in [0.5, 0.6) is 0 Å². The molecule has 0 radical (unpaired) electrons. The summed E-state index contributed by atoms with van der Waals surface area (Å²) >= 11 is 0. The Hall–Kier alpha value is -2.30. The largest absolute Gasteiger partial charge is 0.296 e. The Kier molecular flexibility index (Phi) is 7.89. The van der Waals surface area contributed by atoms with Gasteiger partial charge >= 0.3 is 0 Å². The second-order valence-electron chi connectivity index (χ2n) is 7.48. The van der Waals surface area contributed by atoms with E-state index in [0.717, 1.165) is 30.3 Å². The summed E-state index contributed by atoms with van der Waals surface area (Å²) in [4.78, 5) is 2.61. The third-order valence-electron chi connectivity index (χ3n) is 5.01. The molecule has 0 spiro atoms. The fourth-order valence-corrected chi connectivity index (χ4v) is 3.29. The molecule has 0 unspecified atom stereocenters. The van der Waals surface area contributed by atoms with Gasteiger partial charge in [-0.1, -0.05) is 56.4 Å². The van der Waals surface area contributed by atoms with Crippen LogP contribution in [0.1, 0.15) is 67.3 Å². The van der Waals surface area contributed by atoms with E-state index in [1.54, 1.807) is 0 Å². The van der Waals surface area contributed by atoms with Crippen LogP contribution in [0.2, 0.25) is 0 Å². The van der Waals surface area contributed by atoms with Gasteiger partial charge in [-0.25, -0.2) is 0 Å². The van der Waals surface area contributed by atoms with Crippen LogP contribution in [0, 0.1) is 18.8 Å². The molecule has 0 bridgehead atoms. The van der Waals surface area contributed by atoms with Gasteiger partial charge in [0.15, 0.2) is 0 Å². The Morgan fingerprint density at radius 3 is 2.15 bits per heavy atom. The van der Waals surface area contributed by atoms with Crippen molar-refractivity contribution in [1.82, 2.24) is 4.90 Å². The van der Waals surface area contributed by atoms with Crippen molar-refractivity contribution in [2.45, 2.75) is 59.0 Å². The van der Waals surface area contributed by atoms with Crippen molar-refractivity contribution < 1.29 is 0 Å². The molecule has 0 N–H and O–H groups in total. The summed E-state index contributed by atoms with van der Waals surface area (Å²) in [6.45, 7) is 17.1. The fourth-order valence-electron chi connectivity index (χ4n) is 3.29. The van der Waals surface area contributed by atoms with Crippen molar-refractivity contribution in [2.24, 2.45) is 0 Å². The predicted molar refractivity (Wildman–Crippen MR) is 118 cm³/mol. The highest BCUT2D eigenvalue weighted by Gasteiger charge is 2.28. The van der Waals surface area contributed by atoms with E-state index in [0.29, 0.717) is 5.92 Å². The molecule has 3 rings (SSSR count). The Balaban J connectivity index is 0.00000126. The molecule has 1 heteroatoms. The molecule has 0 heterocycles. The van der Waals surface area contributed by atoms with Crippen molar-refractivity contribution >= 4 is 0 Å². The van der Waals surface area contributed by atoms with E-state index in [1.165, 1.54) is 29.5 Å². The molecular weight excluding hydrogens is 326 g/mol. The quantitative estimate of drug-likeness (QED) is 0.447. The summed E-state index contributed by atoms with van der Waals surface area (Å²) in [5.74, 6) is 7.16. The maximum atomic E-state index is 3.34. The van der Waals surface area contributed by atoms with Crippen LogP contribution in [0.4, 0.5) is 0 Å². The minimum Gasteiger partial charge on any atom is -0.296 e. The fraction of sp³-hybridized carbons (Fsp3) is 0.385. The maximum absolute atomic E-state index is 3.34. The van der Waals surface area contributed by atoms with Gasteiger partial charge in [-0.05, 0) is 67.6 Å². The van der Waals surface area contributed by atoms with Crippen molar-refractivity contribution in [1.29, 1.82) is 0 Å². The van der Waals surface area contributed by atoms with E-state index < -0.39 is 0 Å². The summed E-state index contributed by atoms with van der Waals surface area (Å²) in [7, 11) is 0. The van der Waals surface area contributed by atoms with Gasteiger partial charge in [-0.3, -0.25) is 4.90 Å². The van der Waals surface area contributed by atoms with E-state index in [-0.39, 0.29) is 0 Å². The number of benzene rings is 2. The SMILES string of the molecule is C=C.CCN(Cc1ccc(C#Cc2ccc(C)cc2)cc1C(C)C)C1CC1. The average molecular weight is 360 g/mol. The first kappa shape index (κ1) is 21.0. The Labute approximate surface area is 166 Å². The molecular formula is C26H33N. The van der Waals surface area contributed by atoms with Gasteiger partial charge in [0.25, 0.3) is 0 Å². The standard InChI is InChI=1S/C24H29N.C2H4/c1-5-25(23-14-15-23)17-22-13-12-21(16-24(22)18(2)3)11-10-20-8-6-19(4)7-9-20;1-2/h6-9,12-13,16,18,23H,5,14-15,17H2,1-4H3;1-2H2. The molecule has 0 aromatic heterocycles. The van der Waals surface area contributed by atoms with Gasteiger partial charge in [-0.15, -0.1) is 13.2 Å². The molecule has 1 nitrogen and oxygen atoms in total. The first-order chi connectivity index (χ1) is 13.1. The second-order valence-corrected chi connectivity index (χ2v) is 7.48. The lowest BCUT2D eigenvalue weighted by atomic mass is 9.94. The van der Waals surface area contributed by atoms with E-state index >= 15 is 0 Å². The zero-order valence-corrected chi connectivity index (χ0v) is 17.4. The highest BCUT2D eigenvalue weighted by molar-refractivity contribution is 5.46. The van der Waals surface area contributed by atoms with Gasteiger partial charge in [0, 0.05) is 23.7 Å². The van der Waals surface area contributed by atoms with Crippen LogP contribution < -0.4 is 0 Å². The van der Waals surface area contributed by atoms with E-state index in [2.05, 4.69) is 100 Å². The minimum absolute atomic E-state index is 0.522. The lowest BCUT2D eigenvalue weighted by Crippen LogP contribution is -2.25. The highest BCUT2D eigenvalue weighted by atomic mass is 15.2. The van der Waals surface area contributed by atoms with Crippen molar-refractivity contribution in [2.75, 3.05) is 6.54 Å². The zero-order valence-electron chi connectivity index (χ0n) is 17.4. The van der Waals surface area contributed by atoms with Crippen LogP contribution in [0.3, 0.4) is 0 Å². The summed E-state index contributed by atoms with van der Waals surface area (Å²) in [6.07, 6.45) is 2.73. The number of nitrogens with zero attached hydrogens (tertiary/aromatic N) is 1. The van der Waals surface area contributed by atoms with Crippen LogP contribution in [-0.2, 0) is 6.54 Å². The summed E-state index contributed by atoms with van der Waals surface area (Å²) < 4.78 is 0. The lowest BCUT2D eigenvalue weighted by molar-refractivity contribution is 0.268. The Bertz CT molecular complexity index is 785. The molecule has 0 atom stereocenters. The molecule has 1 fully saturated rings. The van der Waals surface area contributed by atoms with Crippen molar-refractivity contribution in [3.05, 3.63) is 83.4 Å². The first-order valence-electron chi connectivity index (χ1n) is 10.0. The number of hydrogen-bond donors (Lipinski definition) is 0. The van der Waals surface area contributed by atoms with Crippen molar-refractivity contribution in [3.63, 3.8) is 0 Å². The van der Waals surface area contributed by atoms with Crippen LogP contribution in [0.25, 0.3) is 0 Å². The van der Waals surface area contributed by atoms with Gasteiger partial charge in [0.05, 0.1) is 0 Å². The van der Waals surface area contributed by atoms with Crippen LogP contribution in [-0.4, -0.2) is 17.5 Å². The summed E-state index contributed by atoms with van der Waals surface area (Å²) in [5.41, 5.74) is 6.36. The highest BCUT2D eigenvalue weighted by Crippen LogP contribution is 2.30. The monoisotopic (exact) mass is 359 g/mol. The average Bonchev–Trinajstić information content (AvgIpc) is 3.53. The molecule has 142 valence electrons. The van der Waals surface area contributed by atoms with Gasteiger partial charge in [0.2, 0.25) is 0 Å². The predicted octanol–water partition coefficient (Wildman–Crippen LogP) is 6.30. The molecule has 1 aliphatic carbocycles. The molecule has 27 heavy (non-hydrogen) atoms. The van der Waals surface area contributed by atoms with Gasteiger partial charge in [-0.2, -0.15) is 0 Å². The second kappa shape index (κ2) is 10.1. The molecule has 2 aromatic rings. The van der Waals surface area contributed by atoms with Crippen LogP contribution in [0.15, 0.2) is 55.6 Å². The molecule has 1 aliphatic rings. The lowest BCUT2D eigenvalue weighted by Gasteiger charge is -2.23. The van der Waals surface area contributed by atoms with Gasteiger partial charge in [0.1, 0.15) is 0 Å². The molecule has 0 saturated heterocycles.